The largest absolute Gasteiger partial charge is 0.497 e. The van der Waals surface area contributed by atoms with Crippen molar-refractivity contribution in [3.8, 4) is 11.5 Å². The number of amides is 1. The molecule has 3 heterocycles. The number of nitrogens with one attached hydrogen (secondary N) is 1. The highest BCUT2D eigenvalue weighted by Gasteiger charge is 2.55. The predicted molar refractivity (Wildman–Crippen MR) is 138 cm³/mol. The molecule has 3 atom stereocenters. The van der Waals surface area contributed by atoms with E-state index in [1.54, 1.807) is 11.7 Å². The first-order valence-corrected chi connectivity index (χ1v) is 12.4. The molecule has 180 valence electrons. The van der Waals surface area contributed by atoms with Crippen LogP contribution in [0.25, 0.3) is 6.08 Å². The number of carbonyl (C=O) groups excluding carboxylic acids is 1. The molecule has 3 aromatic carbocycles. The number of anilines is 1. The van der Waals surface area contributed by atoms with Gasteiger partial charge in [-0.1, -0.05) is 59.9 Å². The summed E-state index contributed by atoms with van der Waals surface area (Å²) in [4.78, 5) is 32.8. The summed E-state index contributed by atoms with van der Waals surface area (Å²) in [7, 11) is 1.61. The Morgan fingerprint density at radius 3 is 2.56 bits per heavy atom. The molecule has 7 nitrogen and oxygen atoms in total. The number of benzene rings is 3. The van der Waals surface area contributed by atoms with Crippen molar-refractivity contribution in [3.05, 3.63) is 110 Å². The molecule has 36 heavy (non-hydrogen) atoms. The van der Waals surface area contributed by atoms with Crippen LogP contribution >= 0.6 is 11.3 Å². The van der Waals surface area contributed by atoms with Crippen molar-refractivity contribution in [2.45, 2.75) is 18.7 Å². The first kappa shape index (κ1) is 22.3. The van der Waals surface area contributed by atoms with Crippen LogP contribution in [0, 0.1) is 5.92 Å². The first-order chi connectivity index (χ1) is 17.5. The number of nitrogens with zero attached hydrogens (tertiary/aromatic N) is 2. The SMILES string of the molecule is COc1ccc(/C=c2/sc3n(c2=O)C2c4ccccc4OC(C)(N=3)C2C(=O)Nc2ccccc2)cc1. The number of fused-ring (bicyclic) bond motifs is 6. The molecule has 2 aliphatic heterocycles. The Labute approximate surface area is 211 Å². The van der Waals surface area contributed by atoms with Crippen LogP contribution in [0.1, 0.15) is 24.1 Å². The molecule has 3 unspecified atom stereocenters. The summed E-state index contributed by atoms with van der Waals surface area (Å²) in [6, 6.07) is 23.7. The van der Waals surface area contributed by atoms with E-state index in [1.807, 2.05) is 91.9 Å². The average Bonchev–Trinajstić information content (AvgIpc) is 3.17. The number of ether oxygens (including phenoxy) is 2. The lowest BCUT2D eigenvalue weighted by molar-refractivity contribution is -0.131. The molecule has 0 spiro atoms. The Hall–Kier alpha value is -4.17. The minimum Gasteiger partial charge on any atom is -0.497 e. The first-order valence-electron chi connectivity index (χ1n) is 11.6. The minimum atomic E-state index is -1.17. The summed E-state index contributed by atoms with van der Waals surface area (Å²) in [6.07, 6.45) is 1.84. The topological polar surface area (TPSA) is 81.9 Å². The Morgan fingerprint density at radius 2 is 1.81 bits per heavy atom. The lowest BCUT2D eigenvalue weighted by Gasteiger charge is -2.45. The van der Waals surface area contributed by atoms with Gasteiger partial charge in [-0.15, -0.1) is 0 Å². The van der Waals surface area contributed by atoms with Crippen molar-refractivity contribution < 1.29 is 14.3 Å². The fourth-order valence-corrected chi connectivity index (χ4v) is 6.04. The van der Waals surface area contributed by atoms with Gasteiger partial charge in [-0.25, -0.2) is 4.99 Å². The van der Waals surface area contributed by atoms with Crippen LogP contribution in [-0.2, 0) is 4.79 Å². The molecule has 2 aliphatic rings. The Kier molecular flexibility index (Phi) is 5.26. The summed E-state index contributed by atoms with van der Waals surface area (Å²) >= 11 is 1.30. The molecule has 0 radical (unpaired) electrons. The molecule has 0 aliphatic carbocycles. The third-order valence-corrected chi connectivity index (χ3v) is 7.60. The van der Waals surface area contributed by atoms with E-state index in [0.29, 0.717) is 20.8 Å². The third kappa shape index (κ3) is 3.61. The van der Waals surface area contributed by atoms with E-state index in [4.69, 9.17) is 14.5 Å². The van der Waals surface area contributed by atoms with Gasteiger partial charge in [0.25, 0.3) is 5.56 Å². The van der Waals surface area contributed by atoms with Crippen molar-refractivity contribution in [1.29, 1.82) is 0 Å². The van der Waals surface area contributed by atoms with Crippen molar-refractivity contribution >= 4 is 29.0 Å². The Balaban J connectivity index is 1.52. The zero-order chi connectivity index (χ0) is 24.9. The fraction of sp³-hybridized carbons (Fsp3) is 0.179. The molecule has 0 fully saturated rings. The van der Waals surface area contributed by atoms with Crippen molar-refractivity contribution in [3.63, 3.8) is 0 Å². The molecule has 0 saturated heterocycles. The summed E-state index contributed by atoms with van der Waals surface area (Å²) in [5, 5.41) is 2.99. The number of hydrogen-bond donors (Lipinski definition) is 1. The number of para-hydroxylation sites is 2. The maximum Gasteiger partial charge on any atom is 0.270 e. The summed E-state index contributed by atoms with van der Waals surface area (Å²) in [5.74, 6) is 0.367. The van der Waals surface area contributed by atoms with E-state index >= 15 is 0 Å². The van der Waals surface area contributed by atoms with E-state index in [0.717, 1.165) is 16.9 Å². The number of rotatable bonds is 4. The third-order valence-electron chi connectivity index (χ3n) is 6.62. The Bertz CT molecular complexity index is 1640. The van der Waals surface area contributed by atoms with Gasteiger partial charge in [0, 0.05) is 11.3 Å². The standard InChI is InChI=1S/C28H23N3O4S/c1-28-23(25(32)29-18-8-4-3-5-9-18)24(20-10-6-7-11-21(20)35-28)31-26(33)22(36-27(31)30-28)16-17-12-14-19(34-2)15-13-17/h3-16,23-24H,1-2H3,(H,29,32)/b22-16+. The summed E-state index contributed by atoms with van der Waals surface area (Å²) in [5.41, 5.74) is 0.976. The second-order valence-corrected chi connectivity index (χ2v) is 9.93. The normalized spacial score (nSPS) is 22.0. The lowest BCUT2D eigenvalue weighted by atomic mass is 9.80. The fourth-order valence-electron chi connectivity index (χ4n) is 4.94. The molecule has 8 heteroatoms. The number of hydrogen-bond acceptors (Lipinski definition) is 6. The molecule has 2 bridgehead atoms. The highest BCUT2D eigenvalue weighted by Crippen LogP contribution is 2.47. The number of carbonyl (C=O) groups is 1. The summed E-state index contributed by atoms with van der Waals surface area (Å²) in [6.45, 7) is 1.81. The second-order valence-electron chi connectivity index (χ2n) is 8.93. The van der Waals surface area contributed by atoms with Crippen molar-refractivity contribution in [2.75, 3.05) is 12.4 Å². The van der Waals surface area contributed by atoms with Crippen molar-refractivity contribution in [2.24, 2.45) is 10.9 Å². The maximum atomic E-state index is 13.8. The van der Waals surface area contributed by atoms with Crippen LogP contribution in [0.4, 0.5) is 5.69 Å². The van der Waals surface area contributed by atoms with Gasteiger partial charge in [0.1, 0.15) is 17.4 Å². The molecule has 1 amide bonds. The number of thiazole rings is 1. The predicted octanol–water partition coefficient (Wildman–Crippen LogP) is 3.33. The second kappa shape index (κ2) is 8.49. The van der Waals surface area contributed by atoms with Gasteiger partial charge in [-0.3, -0.25) is 14.2 Å². The van der Waals surface area contributed by atoms with Crippen LogP contribution in [-0.4, -0.2) is 23.3 Å². The van der Waals surface area contributed by atoms with Gasteiger partial charge in [0.15, 0.2) is 4.80 Å². The highest BCUT2D eigenvalue weighted by molar-refractivity contribution is 7.07. The highest BCUT2D eigenvalue weighted by atomic mass is 32.1. The minimum absolute atomic E-state index is 0.184. The van der Waals surface area contributed by atoms with Gasteiger partial charge in [0.2, 0.25) is 11.6 Å². The van der Waals surface area contributed by atoms with Crippen LogP contribution in [0.15, 0.2) is 88.6 Å². The van der Waals surface area contributed by atoms with Crippen LogP contribution in [0.2, 0.25) is 0 Å². The molecule has 0 saturated carbocycles. The molecule has 1 N–H and O–H groups in total. The zero-order valence-electron chi connectivity index (χ0n) is 19.7. The molecular weight excluding hydrogens is 474 g/mol. The van der Waals surface area contributed by atoms with Gasteiger partial charge in [-0.05, 0) is 48.9 Å². The maximum absolute atomic E-state index is 13.8. The molecular formula is C28H23N3O4S. The van der Waals surface area contributed by atoms with E-state index < -0.39 is 17.7 Å². The van der Waals surface area contributed by atoms with E-state index in [9.17, 15) is 9.59 Å². The van der Waals surface area contributed by atoms with Crippen LogP contribution in [0.5, 0.6) is 11.5 Å². The summed E-state index contributed by atoms with van der Waals surface area (Å²) < 4.78 is 13.8. The van der Waals surface area contributed by atoms with E-state index in [-0.39, 0.29) is 11.5 Å². The van der Waals surface area contributed by atoms with E-state index in [1.165, 1.54) is 11.3 Å². The number of methoxy groups -OCH3 is 1. The van der Waals surface area contributed by atoms with Gasteiger partial charge in [-0.2, -0.15) is 0 Å². The lowest BCUT2D eigenvalue weighted by Crippen LogP contribution is -2.59. The molecule has 1 aromatic heterocycles. The van der Waals surface area contributed by atoms with Gasteiger partial charge >= 0.3 is 0 Å². The smallest absolute Gasteiger partial charge is 0.270 e. The monoisotopic (exact) mass is 497 g/mol. The van der Waals surface area contributed by atoms with Gasteiger partial charge < -0.3 is 14.8 Å². The van der Waals surface area contributed by atoms with Gasteiger partial charge in [0.05, 0.1) is 17.7 Å². The van der Waals surface area contributed by atoms with E-state index in [2.05, 4.69) is 5.32 Å². The van der Waals surface area contributed by atoms with Crippen LogP contribution in [0.3, 0.4) is 0 Å². The zero-order valence-corrected chi connectivity index (χ0v) is 20.5. The van der Waals surface area contributed by atoms with Crippen LogP contribution < -0.4 is 29.7 Å². The molecule has 6 rings (SSSR count). The molecule has 4 aromatic rings. The number of aromatic nitrogens is 1. The average molecular weight is 498 g/mol. The Morgan fingerprint density at radius 1 is 1.08 bits per heavy atom. The van der Waals surface area contributed by atoms with Crippen molar-refractivity contribution in [1.82, 2.24) is 4.57 Å². The quantitative estimate of drug-likeness (QED) is 0.469.